The minimum absolute atomic E-state index is 0.589. The van der Waals surface area contributed by atoms with Crippen LogP contribution in [0.5, 0.6) is 17.2 Å². The van der Waals surface area contributed by atoms with Crippen LogP contribution in [0.1, 0.15) is 5.56 Å². The van der Waals surface area contributed by atoms with Gasteiger partial charge < -0.3 is 14.2 Å². The van der Waals surface area contributed by atoms with Gasteiger partial charge in [-0.2, -0.15) is 0 Å². The molecule has 0 radical (unpaired) electrons. The van der Waals surface area contributed by atoms with E-state index in [9.17, 15) is 0 Å². The number of aromatic amines is 1. The lowest BCUT2D eigenvalue weighted by Crippen LogP contribution is -2.01. The summed E-state index contributed by atoms with van der Waals surface area (Å²) in [6, 6.07) is 13.6. The summed E-state index contributed by atoms with van der Waals surface area (Å²) in [5.74, 6) is 3.73. The highest BCUT2D eigenvalue weighted by atomic mass is 32.2. The normalized spacial score (nSPS) is 10.6. The Morgan fingerprint density at radius 1 is 1.04 bits per heavy atom. The van der Waals surface area contributed by atoms with Crippen LogP contribution in [0.4, 0.5) is 0 Å². The molecule has 0 amide bonds. The van der Waals surface area contributed by atoms with Crippen molar-refractivity contribution in [3.05, 3.63) is 48.0 Å². The molecule has 26 heavy (non-hydrogen) atoms. The number of rotatable bonds is 8. The van der Waals surface area contributed by atoms with Crippen LogP contribution < -0.4 is 14.2 Å². The molecule has 0 spiro atoms. The number of nitrogens with zero attached hydrogens (tertiary/aromatic N) is 2. The predicted molar refractivity (Wildman–Crippen MR) is 102 cm³/mol. The second kappa shape index (κ2) is 8.62. The van der Waals surface area contributed by atoms with Crippen molar-refractivity contribution >= 4 is 11.8 Å². The van der Waals surface area contributed by atoms with Crippen molar-refractivity contribution in [3.63, 3.8) is 0 Å². The van der Waals surface area contributed by atoms with Crippen LogP contribution in [0.15, 0.2) is 47.6 Å². The van der Waals surface area contributed by atoms with Crippen molar-refractivity contribution < 1.29 is 14.2 Å². The number of methoxy groups -OCH3 is 2. The maximum atomic E-state index is 5.79. The molecule has 0 atom stereocenters. The van der Waals surface area contributed by atoms with Crippen LogP contribution in [-0.4, -0.2) is 41.8 Å². The van der Waals surface area contributed by atoms with Crippen LogP contribution >= 0.6 is 11.8 Å². The summed E-state index contributed by atoms with van der Waals surface area (Å²) in [6.45, 7) is 2.62. The first-order valence-corrected chi connectivity index (χ1v) is 9.16. The number of aromatic nitrogens is 3. The van der Waals surface area contributed by atoms with Crippen molar-refractivity contribution in [1.82, 2.24) is 15.2 Å². The Morgan fingerprint density at radius 3 is 2.65 bits per heavy atom. The third-order valence-corrected chi connectivity index (χ3v) is 4.61. The molecule has 1 aromatic heterocycles. The molecule has 7 heteroatoms. The lowest BCUT2D eigenvalue weighted by molar-refractivity contribution is 0.341. The minimum atomic E-state index is 0.589. The van der Waals surface area contributed by atoms with E-state index in [1.165, 1.54) is 11.8 Å². The molecule has 0 unspecified atom stereocenters. The Labute approximate surface area is 156 Å². The van der Waals surface area contributed by atoms with Crippen LogP contribution in [-0.2, 0) is 0 Å². The van der Waals surface area contributed by atoms with Crippen molar-refractivity contribution in [2.45, 2.75) is 12.1 Å². The maximum absolute atomic E-state index is 5.79. The number of aryl methyl sites for hydroxylation is 1. The van der Waals surface area contributed by atoms with Crippen LogP contribution in [0.25, 0.3) is 11.4 Å². The molecule has 136 valence electrons. The molecule has 0 aliphatic carbocycles. The van der Waals surface area contributed by atoms with Gasteiger partial charge in [-0.15, -0.1) is 5.10 Å². The van der Waals surface area contributed by atoms with Gasteiger partial charge in [-0.25, -0.2) is 4.98 Å². The van der Waals surface area contributed by atoms with Gasteiger partial charge >= 0.3 is 0 Å². The summed E-state index contributed by atoms with van der Waals surface area (Å²) < 4.78 is 16.4. The molecule has 0 fully saturated rings. The third kappa shape index (κ3) is 4.29. The Bertz CT molecular complexity index is 867. The molecule has 0 bridgehead atoms. The fraction of sp³-hybridized carbons (Fsp3) is 0.263. The molecule has 0 saturated carbocycles. The molecule has 1 N–H and O–H groups in total. The van der Waals surface area contributed by atoms with Crippen LogP contribution in [0.2, 0.25) is 0 Å². The highest BCUT2D eigenvalue weighted by Crippen LogP contribution is 2.32. The summed E-state index contributed by atoms with van der Waals surface area (Å²) in [7, 11) is 3.24. The summed E-state index contributed by atoms with van der Waals surface area (Å²) in [5, 5.41) is 7.89. The smallest absolute Gasteiger partial charge is 0.208 e. The van der Waals surface area contributed by atoms with E-state index >= 15 is 0 Å². The van der Waals surface area contributed by atoms with Crippen LogP contribution in [0, 0.1) is 6.92 Å². The van der Waals surface area contributed by atoms with Gasteiger partial charge in [-0.1, -0.05) is 30.0 Å². The average Bonchev–Trinajstić information content (AvgIpc) is 3.14. The van der Waals surface area contributed by atoms with Gasteiger partial charge in [0.25, 0.3) is 0 Å². The van der Waals surface area contributed by atoms with E-state index in [0.29, 0.717) is 23.3 Å². The molecular weight excluding hydrogens is 350 g/mol. The van der Waals surface area contributed by atoms with Crippen molar-refractivity contribution in [2.75, 3.05) is 26.6 Å². The second-order valence-corrected chi connectivity index (χ2v) is 6.56. The molecule has 0 aliphatic heterocycles. The Hall–Kier alpha value is -2.67. The lowest BCUT2D eigenvalue weighted by atomic mass is 10.2. The molecular formula is C19H21N3O3S. The number of hydrogen-bond acceptors (Lipinski definition) is 6. The van der Waals surface area contributed by atoms with E-state index in [-0.39, 0.29) is 0 Å². The summed E-state index contributed by atoms with van der Waals surface area (Å²) >= 11 is 1.54. The SMILES string of the molecule is COc1ccc(-c2nc(SCCOc3ccccc3C)n[nH]2)c(OC)c1. The van der Waals surface area contributed by atoms with E-state index in [1.807, 2.05) is 49.4 Å². The molecule has 3 rings (SSSR count). The van der Waals surface area contributed by atoms with E-state index in [2.05, 4.69) is 15.2 Å². The topological polar surface area (TPSA) is 69.3 Å². The Morgan fingerprint density at radius 2 is 1.88 bits per heavy atom. The summed E-state index contributed by atoms with van der Waals surface area (Å²) in [5.41, 5.74) is 1.97. The van der Waals surface area contributed by atoms with E-state index in [0.717, 1.165) is 28.4 Å². The van der Waals surface area contributed by atoms with Gasteiger partial charge in [0.2, 0.25) is 5.16 Å². The van der Waals surface area contributed by atoms with E-state index < -0.39 is 0 Å². The predicted octanol–water partition coefficient (Wildman–Crippen LogP) is 3.97. The van der Waals surface area contributed by atoms with E-state index in [4.69, 9.17) is 14.2 Å². The number of para-hydroxylation sites is 1. The number of hydrogen-bond donors (Lipinski definition) is 1. The number of nitrogens with one attached hydrogen (secondary N) is 1. The van der Waals surface area contributed by atoms with Gasteiger partial charge in [0, 0.05) is 11.8 Å². The molecule has 1 heterocycles. The average molecular weight is 371 g/mol. The Kier molecular flexibility index (Phi) is 6.01. The summed E-state index contributed by atoms with van der Waals surface area (Å²) in [6.07, 6.45) is 0. The minimum Gasteiger partial charge on any atom is -0.497 e. The fourth-order valence-electron chi connectivity index (χ4n) is 2.43. The number of H-pyrrole nitrogens is 1. The fourth-order valence-corrected chi connectivity index (χ4v) is 3.04. The van der Waals surface area contributed by atoms with Gasteiger partial charge in [0.05, 0.1) is 26.4 Å². The number of ether oxygens (including phenoxy) is 3. The second-order valence-electron chi connectivity index (χ2n) is 5.50. The van der Waals surface area contributed by atoms with Crippen molar-refractivity contribution in [2.24, 2.45) is 0 Å². The molecule has 6 nitrogen and oxygen atoms in total. The molecule has 2 aromatic carbocycles. The van der Waals surface area contributed by atoms with Gasteiger partial charge in [0.1, 0.15) is 17.2 Å². The lowest BCUT2D eigenvalue weighted by Gasteiger charge is -2.08. The zero-order chi connectivity index (χ0) is 18.4. The first-order chi connectivity index (χ1) is 12.7. The van der Waals surface area contributed by atoms with Crippen molar-refractivity contribution in [3.8, 4) is 28.6 Å². The van der Waals surface area contributed by atoms with Gasteiger partial charge in [-0.05, 0) is 30.7 Å². The number of thioether (sulfide) groups is 1. The number of benzene rings is 2. The third-order valence-electron chi connectivity index (χ3n) is 3.79. The molecule has 3 aromatic rings. The standard InChI is InChI=1S/C19H21N3O3S/c1-13-6-4-5-7-16(13)25-10-11-26-19-20-18(21-22-19)15-9-8-14(23-2)12-17(15)24-3/h4-9,12H,10-11H2,1-3H3,(H,20,21,22). The van der Waals surface area contributed by atoms with Crippen molar-refractivity contribution in [1.29, 1.82) is 0 Å². The molecule has 0 saturated heterocycles. The molecule has 0 aliphatic rings. The van der Waals surface area contributed by atoms with Gasteiger partial charge in [-0.3, -0.25) is 5.10 Å². The Balaban J connectivity index is 1.59. The van der Waals surface area contributed by atoms with Crippen LogP contribution in [0.3, 0.4) is 0 Å². The summed E-state index contributed by atoms with van der Waals surface area (Å²) in [4.78, 5) is 4.53. The first-order valence-electron chi connectivity index (χ1n) is 8.17. The first kappa shape index (κ1) is 18.1. The maximum Gasteiger partial charge on any atom is 0.208 e. The van der Waals surface area contributed by atoms with Gasteiger partial charge in [0.15, 0.2) is 5.82 Å². The van der Waals surface area contributed by atoms with E-state index in [1.54, 1.807) is 14.2 Å². The highest BCUT2D eigenvalue weighted by Gasteiger charge is 2.12. The quantitative estimate of drug-likeness (QED) is 0.477. The largest absolute Gasteiger partial charge is 0.497 e. The zero-order valence-corrected chi connectivity index (χ0v) is 15.8. The zero-order valence-electron chi connectivity index (χ0n) is 15.0. The highest BCUT2D eigenvalue weighted by molar-refractivity contribution is 7.99. The monoisotopic (exact) mass is 371 g/mol.